The molecule has 4 heterocycles. The average molecular weight is 573 g/mol. The molecule has 3 N–H and O–H groups in total. The molecule has 2 aromatic carbocycles. The zero-order valence-corrected chi connectivity index (χ0v) is 23.5. The van der Waals surface area contributed by atoms with Crippen LogP contribution in [0.4, 0.5) is 0 Å². The maximum Gasteiger partial charge on any atom is 0.491 e. The van der Waals surface area contributed by atoms with Gasteiger partial charge < -0.3 is 34.5 Å². The lowest BCUT2D eigenvalue weighted by molar-refractivity contribution is -0.139. The molecule has 0 aromatic heterocycles. The van der Waals surface area contributed by atoms with E-state index >= 15 is 0 Å². The molecule has 218 valence electrons. The number of nitrogens with zero attached hydrogens (tertiary/aromatic N) is 2. The number of fused-ring (bicyclic) bond motifs is 2. The van der Waals surface area contributed by atoms with Gasteiger partial charge in [-0.3, -0.25) is 19.2 Å². The third-order valence-corrected chi connectivity index (χ3v) is 8.74. The van der Waals surface area contributed by atoms with E-state index in [0.717, 1.165) is 30.4 Å². The Kier molecular flexibility index (Phi) is 7.93. The summed E-state index contributed by atoms with van der Waals surface area (Å²) in [7, 11) is -2.20. The van der Waals surface area contributed by atoms with Crippen LogP contribution in [0.5, 0.6) is 0 Å². The van der Waals surface area contributed by atoms with Crippen molar-refractivity contribution in [1.29, 1.82) is 0 Å². The molecule has 13 heteroatoms. The van der Waals surface area contributed by atoms with Gasteiger partial charge in [-0.15, -0.1) is 0 Å². The largest absolute Gasteiger partial charge is 0.491 e. The van der Waals surface area contributed by atoms with Gasteiger partial charge in [0, 0.05) is 42.7 Å². The van der Waals surface area contributed by atoms with Gasteiger partial charge in [-0.05, 0) is 78.9 Å². The van der Waals surface area contributed by atoms with Crippen molar-refractivity contribution in [2.45, 2.75) is 70.4 Å². The molecular formula is C29H33B2N3O8. The number of benzene rings is 2. The van der Waals surface area contributed by atoms with Crippen LogP contribution < -0.4 is 16.2 Å². The highest BCUT2D eigenvalue weighted by molar-refractivity contribution is 6.62. The zero-order valence-electron chi connectivity index (χ0n) is 23.5. The van der Waals surface area contributed by atoms with Gasteiger partial charge in [0.15, 0.2) is 0 Å². The summed E-state index contributed by atoms with van der Waals surface area (Å²) in [5, 5.41) is 23.2. The Bertz CT molecular complexity index is 1440. The van der Waals surface area contributed by atoms with Crippen LogP contribution in [0.3, 0.4) is 0 Å². The Morgan fingerprint density at radius 3 is 2.24 bits per heavy atom. The minimum atomic E-state index is -1.12. The van der Waals surface area contributed by atoms with E-state index in [1.807, 2.05) is 0 Å². The fourth-order valence-electron chi connectivity index (χ4n) is 6.56. The van der Waals surface area contributed by atoms with Gasteiger partial charge in [0.2, 0.25) is 5.91 Å². The summed E-state index contributed by atoms with van der Waals surface area (Å²) < 4.78 is 10.5. The Hall–Kier alpha value is -3.51. The highest BCUT2D eigenvalue weighted by Crippen LogP contribution is 2.28. The van der Waals surface area contributed by atoms with Gasteiger partial charge in [-0.2, -0.15) is 0 Å². The first-order valence-electron chi connectivity index (χ1n) is 14.5. The first kappa shape index (κ1) is 28.6. The molecule has 11 nitrogen and oxygen atoms in total. The van der Waals surface area contributed by atoms with Gasteiger partial charge in [0.05, 0.1) is 13.2 Å². The van der Waals surface area contributed by atoms with Crippen molar-refractivity contribution in [3.63, 3.8) is 0 Å². The van der Waals surface area contributed by atoms with Crippen molar-refractivity contribution in [2.75, 3.05) is 13.1 Å². The van der Waals surface area contributed by atoms with Gasteiger partial charge in [-0.1, -0.05) is 12.1 Å². The summed E-state index contributed by atoms with van der Waals surface area (Å²) >= 11 is 0. The number of carbonyl (C=O) groups excluding carboxylic acids is 4. The standard InChI is InChI=1S/C29H33B2N3O8/c1-17(35)10-23-4-2-3-9-33(23)29(38)26-13-22(32-27(36)18-5-7-20-15-41-30(39)24(20)11-18)14-34(26)28(37)19-6-8-21-16-42-31(40)25(21)12-19/h5-8,11-12,22-23,26,39-40H,2-4,9-10,13-16H2,1H3,(H,32,36)/t22-,23?,26+/m1/s1. The minimum absolute atomic E-state index is 0.00739. The quantitative estimate of drug-likeness (QED) is 0.393. The average Bonchev–Trinajstić information content (AvgIpc) is 3.69. The molecule has 0 bridgehead atoms. The molecular weight excluding hydrogens is 540 g/mol. The molecule has 2 aromatic rings. The summed E-state index contributed by atoms with van der Waals surface area (Å²) in [5.74, 6) is -0.987. The molecule has 2 saturated heterocycles. The van der Waals surface area contributed by atoms with Gasteiger partial charge in [0.25, 0.3) is 11.8 Å². The molecule has 0 spiro atoms. The van der Waals surface area contributed by atoms with Gasteiger partial charge in [0.1, 0.15) is 11.8 Å². The van der Waals surface area contributed by atoms with Crippen molar-refractivity contribution in [3.8, 4) is 0 Å². The lowest BCUT2D eigenvalue weighted by Crippen LogP contribution is -2.53. The van der Waals surface area contributed by atoms with E-state index in [-0.39, 0.29) is 62.1 Å². The van der Waals surface area contributed by atoms with Crippen molar-refractivity contribution in [2.24, 2.45) is 0 Å². The van der Waals surface area contributed by atoms with Crippen LogP contribution in [-0.2, 0) is 32.1 Å². The fraction of sp³-hybridized carbons (Fsp3) is 0.448. The van der Waals surface area contributed by atoms with Crippen LogP contribution in [-0.4, -0.2) is 88.8 Å². The molecule has 42 heavy (non-hydrogen) atoms. The molecule has 1 unspecified atom stereocenters. The Balaban J connectivity index is 1.25. The Morgan fingerprint density at radius 1 is 0.929 bits per heavy atom. The van der Waals surface area contributed by atoms with Crippen molar-refractivity contribution in [3.05, 3.63) is 58.7 Å². The van der Waals surface area contributed by atoms with E-state index < -0.39 is 26.3 Å². The number of carbonyl (C=O) groups is 4. The SMILES string of the molecule is CC(=O)CC1CCCCN1C(=O)[C@@H]1C[C@@H](NC(=O)c2ccc3c(c2)B(O)OC3)CN1C(=O)c1ccc2c(c1)B(O)OC2. The smallest absolute Gasteiger partial charge is 0.423 e. The molecule has 4 aliphatic rings. The van der Waals surface area contributed by atoms with Crippen molar-refractivity contribution >= 4 is 48.7 Å². The second-order valence-electron chi connectivity index (χ2n) is 11.6. The topological polar surface area (TPSA) is 146 Å². The number of piperidine rings is 1. The molecule has 0 radical (unpaired) electrons. The first-order chi connectivity index (χ1) is 20.2. The number of hydrogen-bond acceptors (Lipinski definition) is 8. The molecule has 3 atom stereocenters. The predicted octanol–water partition coefficient (Wildman–Crippen LogP) is -0.505. The maximum atomic E-state index is 14.0. The second-order valence-corrected chi connectivity index (χ2v) is 11.6. The van der Waals surface area contributed by atoms with Crippen LogP contribution in [0, 0.1) is 0 Å². The molecule has 6 rings (SSSR count). The maximum absolute atomic E-state index is 14.0. The lowest BCUT2D eigenvalue weighted by Gasteiger charge is -2.38. The van der Waals surface area contributed by atoms with E-state index in [1.165, 1.54) is 11.8 Å². The van der Waals surface area contributed by atoms with E-state index in [0.29, 0.717) is 28.6 Å². The second kappa shape index (κ2) is 11.6. The van der Waals surface area contributed by atoms with Crippen molar-refractivity contribution < 1.29 is 38.5 Å². The van der Waals surface area contributed by atoms with Gasteiger partial charge >= 0.3 is 14.2 Å². The van der Waals surface area contributed by atoms with Crippen molar-refractivity contribution in [1.82, 2.24) is 15.1 Å². The summed E-state index contributed by atoms with van der Waals surface area (Å²) in [6, 6.07) is 8.44. The number of ketones is 1. The summed E-state index contributed by atoms with van der Waals surface area (Å²) in [5.41, 5.74) is 3.33. The summed E-state index contributed by atoms with van der Waals surface area (Å²) in [4.78, 5) is 56.4. The third kappa shape index (κ3) is 5.49. The molecule has 2 fully saturated rings. The van der Waals surface area contributed by atoms with E-state index in [1.54, 1.807) is 41.3 Å². The number of hydrogen-bond donors (Lipinski definition) is 3. The normalized spacial score (nSPS) is 23.2. The molecule has 0 aliphatic carbocycles. The summed E-state index contributed by atoms with van der Waals surface area (Å²) in [6.07, 6.45) is 2.95. The number of nitrogens with one attached hydrogen (secondary N) is 1. The fourth-order valence-corrected chi connectivity index (χ4v) is 6.56. The Morgan fingerprint density at radius 2 is 1.57 bits per heavy atom. The van der Waals surface area contributed by atoms with Crippen LogP contribution in [0.2, 0.25) is 0 Å². The van der Waals surface area contributed by atoms with E-state index in [9.17, 15) is 29.2 Å². The van der Waals surface area contributed by atoms with Crippen LogP contribution >= 0.6 is 0 Å². The molecule has 4 aliphatic heterocycles. The van der Waals surface area contributed by atoms with Gasteiger partial charge in [-0.25, -0.2) is 0 Å². The van der Waals surface area contributed by atoms with E-state index in [2.05, 4.69) is 5.32 Å². The third-order valence-electron chi connectivity index (χ3n) is 8.74. The van der Waals surface area contributed by atoms with Crippen LogP contribution in [0.1, 0.15) is 70.9 Å². The van der Waals surface area contributed by atoms with Crippen LogP contribution in [0.15, 0.2) is 36.4 Å². The highest BCUT2D eigenvalue weighted by atomic mass is 16.5. The van der Waals surface area contributed by atoms with Crippen LogP contribution in [0.25, 0.3) is 0 Å². The first-order valence-corrected chi connectivity index (χ1v) is 14.5. The zero-order chi connectivity index (χ0) is 29.5. The lowest BCUT2D eigenvalue weighted by atomic mass is 9.78. The summed E-state index contributed by atoms with van der Waals surface area (Å²) in [6.45, 7) is 2.66. The van der Waals surface area contributed by atoms with E-state index in [4.69, 9.17) is 9.31 Å². The number of Topliss-reactive ketones (excluding diaryl/α,β-unsaturated/α-hetero) is 1. The number of likely N-dealkylation sites (tertiary alicyclic amines) is 2. The monoisotopic (exact) mass is 573 g/mol. The predicted molar refractivity (Wildman–Crippen MR) is 153 cm³/mol. The minimum Gasteiger partial charge on any atom is -0.423 e. The highest BCUT2D eigenvalue weighted by Gasteiger charge is 2.44. The number of rotatable bonds is 6. The number of amides is 3. The molecule has 3 amide bonds. The Labute approximate surface area is 244 Å². The molecule has 0 saturated carbocycles.